The Hall–Kier alpha value is -1.81. The van der Waals surface area contributed by atoms with Crippen LogP contribution in [0.2, 0.25) is 0 Å². The maximum Gasteiger partial charge on any atom is 0.254 e. The SMILES string of the molecule is O=C(c1csc(-c2ccc(N3CCCCCC3)cc2)c1)N1CCCCC1. The Morgan fingerprint density at radius 1 is 0.808 bits per heavy atom. The van der Waals surface area contributed by atoms with Crippen molar-refractivity contribution in [2.24, 2.45) is 0 Å². The minimum atomic E-state index is 0.202. The zero-order chi connectivity index (χ0) is 17.8. The largest absolute Gasteiger partial charge is 0.372 e. The lowest BCUT2D eigenvalue weighted by Crippen LogP contribution is -2.35. The number of rotatable bonds is 3. The van der Waals surface area contributed by atoms with Gasteiger partial charge in [-0.2, -0.15) is 0 Å². The molecule has 1 aromatic heterocycles. The second-order valence-corrected chi connectivity index (χ2v) is 8.41. The summed E-state index contributed by atoms with van der Waals surface area (Å²) in [6, 6.07) is 11.0. The van der Waals surface area contributed by atoms with Crippen LogP contribution in [0.15, 0.2) is 35.7 Å². The molecule has 2 aliphatic rings. The van der Waals surface area contributed by atoms with Crippen molar-refractivity contribution in [2.45, 2.75) is 44.9 Å². The van der Waals surface area contributed by atoms with Crippen molar-refractivity contribution in [1.29, 1.82) is 0 Å². The Balaban J connectivity index is 1.46. The number of hydrogen-bond acceptors (Lipinski definition) is 3. The van der Waals surface area contributed by atoms with Gasteiger partial charge in [0.2, 0.25) is 0 Å². The van der Waals surface area contributed by atoms with Crippen LogP contribution in [0.25, 0.3) is 10.4 Å². The number of carbonyl (C=O) groups is 1. The maximum absolute atomic E-state index is 12.7. The van der Waals surface area contributed by atoms with Crippen LogP contribution in [0, 0.1) is 0 Å². The van der Waals surface area contributed by atoms with E-state index in [9.17, 15) is 4.79 Å². The molecule has 0 spiro atoms. The number of anilines is 1. The normalized spacial score (nSPS) is 18.6. The van der Waals surface area contributed by atoms with Gasteiger partial charge in [0, 0.05) is 42.1 Å². The van der Waals surface area contributed by atoms with Gasteiger partial charge in [-0.3, -0.25) is 4.79 Å². The van der Waals surface area contributed by atoms with E-state index in [1.54, 1.807) is 11.3 Å². The quantitative estimate of drug-likeness (QED) is 0.722. The predicted molar refractivity (Wildman–Crippen MR) is 110 cm³/mol. The fourth-order valence-corrected chi connectivity index (χ4v) is 4.93. The van der Waals surface area contributed by atoms with Gasteiger partial charge in [-0.1, -0.05) is 25.0 Å². The van der Waals surface area contributed by atoms with Gasteiger partial charge < -0.3 is 9.80 Å². The molecule has 1 amide bonds. The van der Waals surface area contributed by atoms with Gasteiger partial charge in [0.05, 0.1) is 5.56 Å². The Morgan fingerprint density at radius 3 is 2.12 bits per heavy atom. The zero-order valence-corrected chi connectivity index (χ0v) is 16.3. The summed E-state index contributed by atoms with van der Waals surface area (Å²) in [6.07, 6.45) is 8.85. The van der Waals surface area contributed by atoms with E-state index in [0.717, 1.165) is 31.5 Å². The van der Waals surface area contributed by atoms with Crippen molar-refractivity contribution in [3.63, 3.8) is 0 Å². The highest BCUT2D eigenvalue weighted by molar-refractivity contribution is 7.13. The van der Waals surface area contributed by atoms with Crippen LogP contribution < -0.4 is 4.90 Å². The third-order valence-corrected chi connectivity index (χ3v) is 6.59. The minimum Gasteiger partial charge on any atom is -0.372 e. The van der Waals surface area contributed by atoms with Crippen LogP contribution in [0.4, 0.5) is 5.69 Å². The van der Waals surface area contributed by atoms with Crippen molar-refractivity contribution in [2.75, 3.05) is 31.1 Å². The molecule has 2 saturated heterocycles. The van der Waals surface area contributed by atoms with E-state index in [4.69, 9.17) is 0 Å². The molecular formula is C22H28N2OS. The van der Waals surface area contributed by atoms with Crippen LogP contribution in [-0.2, 0) is 0 Å². The Bertz CT molecular complexity index is 723. The molecule has 2 aliphatic heterocycles. The molecule has 0 saturated carbocycles. The first kappa shape index (κ1) is 17.6. The summed E-state index contributed by atoms with van der Waals surface area (Å²) in [5.41, 5.74) is 3.39. The number of piperidine rings is 1. The maximum atomic E-state index is 12.7. The van der Waals surface area contributed by atoms with Gasteiger partial charge >= 0.3 is 0 Å². The van der Waals surface area contributed by atoms with Gasteiger partial charge in [-0.15, -0.1) is 11.3 Å². The molecule has 0 N–H and O–H groups in total. The summed E-state index contributed by atoms with van der Waals surface area (Å²) < 4.78 is 0. The lowest BCUT2D eigenvalue weighted by atomic mass is 10.1. The lowest BCUT2D eigenvalue weighted by molar-refractivity contribution is 0.0725. The van der Waals surface area contributed by atoms with Crippen LogP contribution in [-0.4, -0.2) is 37.0 Å². The zero-order valence-electron chi connectivity index (χ0n) is 15.5. The molecule has 4 heteroatoms. The highest BCUT2D eigenvalue weighted by atomic mass is 32.1. The molecule has 3 heterocycles. The second-order valence-electron chi connectivity index (χ2n) is 7.50. The van der Waals surface area contributed by atoms with E-state index >= 15 is 0 Å². The van der Waals surface area contributed by atoms with E-state index < -0.39 is 0 Å². The number of benzene rings is 1. The predicted octanol–water partition coefficient (Wildman–Crippen LogP) is 5.42. The Morgan fingerprint density at radius 2 is 1.42 bits per heavy atom. The van der Waals surface area contributed by atoms with E-state index in [1.165, 1.54) is 61.3 Å². The first-order valence-corrected chi connectivity index (χ1v) is 10.9. The summed E-state index contributed by atoms with van der Waals surface area (Å²) in [6.45, 7) is 4.17. The van der Waals surface area contributed by atoms with Crippen LogP contribution in [0.1, 0.15) is 55.3 Å². The summed E-state index contributed by atoms with van der Waals surface area (Å²) in [5.74, 6) is 0.202. The summed E-state index contributed by atoms with van der Waals surface area (Å²) in [5, 5.41) is 2.02. The molecule has 0 radical (unpaired) electrons. The van der Waals surface area contributed by atoms with Gasteiger partial charge in [0.25, 0.3) is 5.91 Å². The fraction of sp³-hybridized carbons (Fsp3) is 0.500. The van der Waals surface area contributed by atoms with Crippen molar-refractivity contribution in [1.82, 2.24) is 4.90 Å². The van der Waals surface area contributed by atoms with E-state index in [0.29, 0.717) is 0 Å². The van der Waals surface area contributed by atoms with Crippen molar-refractivity contribution in [3.05, 3.63) is 41.3 Å². The average Bonchev–Trinajstić information content (AvgIpc) is 3.04. The third-order valence-electron chi connectivity index (χ3n) is 5.61. The molecule has 0 bridgehead atoms. The molecule has 0 atom stereocenters. The topological polar surface area (TPSA) is 23.6 Å². The van der Waals surface area contributed by atoms with Gasteiger partial charge in [0.1, 0.15) is 0 Å². The molecule has 26 heavy (non-hydrogen) atoms. The first-order chi connectivity index (χ1) is 12.8. The number of carbonyl (C=O) groups excluding carboxylic acids is 1. The van der Waals surface area contributed by atoms with Crippen molar-refractivity contribution < 1.29 is 4.79 Å². The van der Waals surface area contributed by atoms with E-state index in [-0.39, 0.29) is 5.91 Å². The standard InChI is InChI=1S/C22H28N2OS/c25-22(24-14-6-3-7-15-24)19-16-21(26-17-19)18-8-10-20(11-9-18)23-12-4-1-2-5-13-23/h8-11,16-17H,1-7,12-15H2. The van der Waals surface area contributed by atoms with Crippen molar-refractivity contribution >= 4 is 22.9 Å². The smallest absolute Gasteiger partial charge is 0.254 e. The number of hydrogen-bond donors (Lipinski definition) is 0. The average molecular weight is 369 g/mol. The van der Waals surface area contributed by atoms with Crippen LogP contribution in [0.5, 0.6) is 0 Å². The molecule has 138 valence electrons. The number of amides is 1. The number of likely N-dealkylation sites (tertiary alicyclic amines) is 1. The highest BCUT2D eigenvalue weighted by Crippen LogP contribution is 2.30. The van der Waals surface area contributed by atoms with Gasteiger partial charge in [-0.05, 0) is 55.9 Å². The van der Waals surface area contributed by atoms with E-state index in [2.05, 4.69) is 35.2 Å². The summed E-state index contributed by atoms with van der Waals surface area (Å²) in [7, 11) is 0. The number of thiophene rings is 1. The molecule has 2 fully saturated rings. The minimum absolute atomic E-state index is 0.202. The Labute approximate surface area is 160 Å². The third kappa shape index (κ3) is 3.96. The highest BCUT2D eigenvalue weighted by Gasteiger charge is 2.19. The molecule has 1 aromatic carbocycles. The lowest BCUT2D eigenvalue weighted by Gasteiger charge is -2.26. The van der Waals surface area contributed by atoms with Crippen molar-refractivity contribution in [3.8, 4) is 10.4 Å². The summed E-state index contributed by atoms with van der Waals surface area (Å²) in [4.78, 5) is 18.4. The molecule has 3 nitrogen and oxygen atoms in total. The fourth-order valence-electron chi connectivity index (χ4n) is 4.04. The number of nitrogens with zero attached hydrogens (tertiary/aromatic N) is 2. The molecule has 0 unspecified atom stereocenters. The molecule has 0 aliphatic carbocycles. The monoisotopic (exact) mass is 368 g/mol. The molecular weight excluding hydrogens is 340 g/mol. The molecule has 4 rings (SSSR count). The van der Waals surface area contributed by atoms with E-state index in [1.807, 2.05) is 10.3 Å². The van der Waals surface area contributed by atoms with Crippen LogP contribution >= 0.6 is 11.3 Å². The first-order valence-electron chi connectivity index (χ1n) is 10.0. The second kappa shape index (κ2) is 8.26. The Kier molecular flexibility index (Phi) is 5.59. The van der Waals surface area contributed by atoms with Gasteiger partial charge in [-0.25, -0.2) is 0 Å². The summed E-state index contributed by atoms with van der Waals surface area (Å²) >= 11 is 1.68. The van der Waals surface area contributed by atoms with Crippen LogP contribution in [0.3, 0.4) is 0 Å². The van der Waals surface area contributed by atoms with Gasteiger partial charge in [0.15, 0.2) is 0 Å². The molecule has 2 aromatic rings.